The zero-order valence-corrected chi connectivity index (χ0v) is 16.4. The van der Waals surface area contributed by atoms with Gasteiger partial charge >= 0.3 is 0 Å². The van der Waals surface area contributed by atoms with Crippen molar-refractivity contribution >= 4 is 0 Å². The van der Waals surface area contributed by atoms with Gasteiger partial charge in [-0.2, -0.15) is 0 Å². The van der Waals surface area contributed by atoms with Crippen molar-refractivity contribution in [1.29, 1.82) is 0 Å². The Bertz CT molecular complexity index is 674. The van der Waals surface area contributed by atoms with Crippen LogP contribution in [0.1, 0.15) is 69.8 Å². The van der Waals surface area contributed by atoms with Crippen LogP contribution >= 0.6 is 0 Å². The summed E-state index contributed by atoms with van der Waals surface area (Å²) in [5.41, 5.74) is 1.01. The number of benzene rings is 2. The third kappa shape index (κ3) is 6.77. The molecule has 0 aliphatic carbocycles. The van der Waals surface area contributed by atoms with Crippen molar-refractivity contribution in [2.45, 2.75) is 70.0 Å². The molecule has 0 bridgehead atoms. The summed E-state index contributed by atoms with van der Waals surface area (Å²) in [6.45, 7) is 2.23. The van der Waals surface area contributed by atoms with Crippen LogP contribution in [0.15, 0.2) is 60.7 Å². The molecule has 0 heterocycles. The Morgan fingerprint density at radius 3 is 2.04 bits per heavy atom. The number of unbranched alkanes of at least 4 members (excludes halogenated alkanes) is 6. The summed E-state index contributed by atoms with van der Waals surface area (Å²) in [6, 6.07) is 19.3. The largest absolute Gasteiger partial charge is 0.451 e. The maximum absolute atomic E-state index is 11.2. The standard InChI is InChI=1S/C25H32O2/c1-3-5-6-7-8-9-16-21-24(22-17-12-10-13-18-22)25(26,4-2)27-23-19-14-11-15-20-23/h2,10-15,17-20,24,26H,3,5-9,16,21H2,1H3. The van der Waals surface area contributed by atoms with Crippen molar-refractivity contribution in [2.75, 3.05) is 0 Å². The van der Waals surface area contributed by atoms with E-state index in [1.807, 2.05) is 60.7 Å². The smallest absolute Gasteiger partial charge is 0.279 e. The Labute approximate surface area is 164 Å². The molecule has 0 spiro atoms. The second-order valence-electron chi connectivity index (χ2n) is 7.13. The molecule has 2 atom stereocenters. The molecule has 0 radical (unpaired) electrons. The average Bonchev–Trinajstić information content (AvgIpc) is 2.71. The minimum atomic E-state index is -1.66. The van der Waals surface area contributed by atoms with Gasteiger partial charge in [-0.3, -0.25) is 0 Å². The maximum Gasteiger partial charge on any atom is 0.279 e. The van der Waals surface area contributed by atoms with Crippen LogP contribution in [0.2, 0.25) is 0 Å². The van der Waals surface area contributed by atoms with Crippen molar-refractivity contribution in [3.63, 3.8) is 0 Å². The fourth-order valence-electron chi connectivity index (χ4n) is 3.45. The van der Waals surface area contributed by atoms with Crippen LogP contribution < -0.4 is 4.74 Å². The van der Waals surface area contributed by atoms with Gasteiger partial charge in [-0.25, -0.2) is 0 Å². The molecule has 2 unspecified atom stereocenters. The minimum Gasteiger partial charge on any atom is -0.451 e. The second-order valence-corrected chi connectivity index (χ2v) is 7.13. The van der Waals surface area contributed by atoms with Gasteiger partial charge in [0.1, 0.15) is 5.75 Å². The zero-order valence-electron chi connectivity index (χ0n) is 16.4. The molecular weight excluding hydrogens is 332 g/mol. The molecule has 2 aromatic carbocycles. The van der Waals surface area contributed by atoms with E-state index < -0.39 is 5.79 Å². The summed E-state index contributed by atoms with van der Waals surface area (Å²) >= 11 is 0. The van der Waals surface area contributed by atoms with E-state index in [2.05, 4.69) is 12.8 Å². The SMILES string of the molecule is C#CC(O)(Oc1ccccc1)C(CCCCCCCCC)c1ccccc1. The summed E-state index contributed by atoms with van der Waals surface area (Å²) < 4.78 is 5.90. The third-order valence-corrected chi connectivity index (χ3v) is 4.99. The Balaban J connectivity index is 2.05. The van der Waals surface area contributed by atoms with Gasteiger partial charge < -0.3 is 9.84 Å². The molecule has 0 saturated heterocycles. The number of hydrogen-bond donors (Lipinski definition) is 1. The Morgan fingerprint density at radius 1 is 0.889 bits per heavy atom. The van der Waals surface area contributed by atoms with Crippen molar-refractivity contribution in [3.05, 3.63) is 66.2 Å². The van der Waals surface area contributed by atoms with E-state index in [0.717, 1.165) is 24.8 Å². The van der Waals surface area contributed by atoms with Gasteiger partial charge in [-0.1, -0.05) is 100 Å². The number of aliphatic hydroxyl groups is 1. The fourth-order valence-corrected chi connectivity index (χ4v) is 3.45. The van der Waals surface area contributed by atoms with E-state index in [9.17, 15) is 5.11 Å². The van der Waals surface area contributed by atoms with Gasteiger partial charge in [0.05, 0.1) is 5.92 Å². The van der Waals surface area contributed by atoms with E-state index in [1.54, 1.807) is 0 Å². The van der Waals surface area contributed by atoms with Crippen LogP contribution in [-0.4, -0.2) is 10.9 Å². The predicted molar refractivity (Wildman–Crippen MR) is 113 cm³/mol. The molecule has 0 saturated carbocycles. The number of terminal acetylenes is 1. The van der Waals surface area contributed by atoms with E-state index in [-0.39, 0.29) is 5.92 Å². The first-order chi connectivity index (χ1) is 13.2. The molecule has 0 fully saturated rings. The third-order valence-electron chi connectivity index (χ3n) is 4.99. The normalized spacial score (nSPS) is 14.1. The second kappa shape index (κ2) is 11.5. The number of hydrogen-bond acceptors (Lipinski definition) is 2. The molecule has 1 N–H and O–H groups in total. The van der Waals surface area contributed by atoms with E-state index in [1.165, 1.54) is 32.1 Å². The van der Waals surface area contributed by atoms with Gasteiger partial charge in [-0.05, 0) is 30.0 Å². The molecule has 2 nitrogen and oxygen atoms in total. The summed E-state index contributed by atoms with van der Waals surface area (Å²) in [6.07, 6.45) is 15.1. The lowest BCUT2D eigenvalue weighted by Crippen LogP contribution is -2.41. The van der Waals surface area contributed by atoms with Gasteiger partial charge in [0.25, 0.3) is 5.79 Å². The van der Waals surface area contributed by atoms with Crippen molar-refractivity contribution in [2.24, 2.45) is 0 Å². The Hall–Kier alpha value is -2.24. The van der Waals surface area contributed by atoms with Crippen LogP contribution in [0.4, 0.5) is 0 Å². The van der Waals surface area contributed by atoms with Gasteiger partial charge in [0.15, 0.2) is 0 Å². The van der Waals surface area contributed by atoms with E-state index >= 15 is 0 Å². The molecule has 0 aliphatic rings. The van der Waals surface area contributed by atoms with Crippen molar-refractivity contribution < 1.29 is 9.84 Å². The van der Waals surface area contributed by atoms with Crippen LogP contribution in [0, 0.1) is 12.3 Å². The fraction of sp³-hybridized carbons (Fsp3) is 0.440. The molecule has 0 amide bonds. The highest BCUT2D eigenvalue weighted by molar-refractivity contribution is 5.29. The molecule has 2 aromatic rings. The number of para-hydroxylation sites is 1. The number of rotatable bonds is 12. The van der Waals surface area contributed by atoms with E-state index in [0.29, 0.717) is 5.75 Å². The number of ether oxygens (including phenoxy) is 1. The van der Waals surface area contributed by atoms with Gasteiger partial charge in [-0.15, -0.1) is 6.42 Å². The van der Waals surface area contributed by atoms with Crippen molar-refractivity contribution in [1.82, 2.24) is 0 Å². The average molecular weight is 365 g/mol. The highest BCUT2D eigenvalue weighted by atomic mass is 16.6. The lowest BCUT2D eigenvalue weighted by molar-refractivity contribution is -0.108. The first kappa shape index (κ1) is 21.1. The van der Waals surface area contributed by atoms with Gasteiger partial charge in [0.2, 0.25) is 0 Å². The lowest BCUT2D eigenvalue weighted by atomic mass is 9.85. The highest BCUT2D eigenvalue weighted by Gasteiger charge is 2.38. The maximum atomic E-state index is 11.2. The summed E-state index contributed by atoms with van der Waals surface area (Å²) in [7, 11) is 0. The topological polar surface area (TPSA) is 29.5 Å². The molecular formula is C25H32O2. The first-order valence-corrected chi connectivity index (χ1v) is 10.2. The zero-order chi connectivity index (χ0) is 19.4. The molecule has 2 rings (SSSR count). The summed E-state index contributed by atoms with van der Waals surface area (Å²) in [5.74, 6) is 1.18. The molecule has 2 heteroatoms. The minimum absolute atomic E-state index is 0.264. The van der Waals surface area contributed by atoms with Gasteiger partial charge in [0, 0.05) is 0 Å². The van der Waals surface area contributed by atoms with Crippen LogP contribution in [0.5, 0.6) is 5.75 Å². The first-order valence-electron chi connectivity index (χ1n) is 10.2. The molecule has 144 valence electrons. The van der Waals surface area contributed by atoms with E-state index in [4.69, 9.17) is 11.2 Å². The summed E-state index contributed by atoms with van der Waals surface area (Å²) in [4.78, 5) is 0. The quantitative estimate of drug-likeness (QED) is 0.271. The van der Waals surface area contributed by atoms with Crippen LogP contribution in [0.25, 0.3) is 0 Å². The Kier molecular flexibility index (Phi) is 8.95. The molecule has 0 aromatic heterocycles. The predicted octanol–water partition coefficient (Wildman–Crippen LogP) is 6.31. The Morgan fingerprint density at radius 2 is 1.44 bits per heavy atom. The molecule has 27 heavy (non-hydrogen) atoms. The van der Waals surface area contributed by atoms with Crippen LogP contribution in [0.3, 0.4) is 0 Å². The monoisotopic (exact) mass is 364 g/mol. The lowest BCUT2D eigenvalue weighted by Gasteiger charge is -2.32. The van der Waals surface area contributed by atoms with Crippen molar-refractivity contribution in [3.8, 4) is 18.1 Å². The highest BCUT2D eigenvalue weighted by Crippen LogP contribution is 2.35. The summed E-state index contributed by atoms with van der Waals surface area (Å²) in [5, 5.41) is 11.2. The van der Waals surface area contributed by atoms with Crippen LogP contribution in [-0.2, 0) is 0 Å². The molecule has 0 aliphatic heterocycles.